The number of nitrogens with one attached hydrogen (secondary N) is 1. The Morgan fingerprint density at radius 2 is 1.73 bits per heavy atom. The van der Waals surface area contributed by atoms with E-state index in [0.29, 0.717) is 5.69 Å². The van der Waals surface area contributed by atoms with Crippen molar-refractivity contribution in [1.82, 2.24) is 4.98 Å². The van der Waals surface area contributed by atoms with E-state index in [1.54, 1.807) is 12.1 Å². The van der Waals surface area contributed by atoms with Gasteiger partial charge in [-0.05, 0) is 29.0 Å². The van der Waals surface area contributed by atoms with Gasteiger partial charge in [0, 0.05) is 5.56 Å². The minimum Gasteiger partial charge on any atom is -0.306 e. The summed E-state index contributed by atoms with van der Waals surface area (Å²) < 4.78 is 24.5. The van der Waals surface area contributed by atoms with Crippen LogP contribution in [0.1, 0.15) is 0 Å². The molecule has 110 valence electrons. The normalized spacial score (nSPS) is 10.9. The maximum absolute atomic E-state index is 12.3. The van der Waals surface area contributed by atoms with Crippen LogP contribution >= 0.6 is 0 Å². The summed E-state index contributed by atoms with van der Waals surface area (Å²) >= 11 is 0. The SMILES string of the molecule is O=C(Nc1cccc(-c2ccc3ccccc3c2)n1)C(F)F. The zero-order chi connectivity index (χ0) is 15.5. The van der Waals surface area contributed by atoms with Gasteiger partial charge in [-0.1, -0.05) is 42.5 Å². The van der Waals surface area contributed by atoms with Gasteiger partial charge >= 0.3 is 6.43 Å². The molecule has 5 heteroatoms. The van der Waals surface area contributed by atoms with E-state index in [0.717, 1.165) is 16.3 Å². The molecule has 1 aromatic heterocycles. The third-order valence-electron chi connectivity index (χ3n) is 3.24. The largest absolute Gasteiger partial charge is 0.315 e. The Labute approximate surface area is 125 Å². The number of rotatable bonds is 3. The lowest BCUT2D eigenvalue weighted by atomic mass is 10.0. The van der Waals surface area contributed by atoms with E-state index in [9.17, 15) is 13.6 Å². The van der Waals surface area contributed by atoms with Crippen molar-refractivity contribution in [3.05, 3.63) is 60.7 Å². The van der Waals surface area contributed by atoms with Crippen LogP contribution < -0.4 is 5.32 Å². The number of amides is 1. The number of anilines is 1. The van der Waals surface area contributed by atoms with Crippen molar-refractivity contribution in [2.75, 3.05) is 5.32 Å². The monoisotopic (exact) mass is 298 g/mol. The molecule has 22 heavy (non-hydrogen) atoms. The van der Waals surface area contributed by atoms with Gasteiger partial charge < -0.3 is 5.32 Å². The predicted octanol–water partition coefficient (Wildman–Crippen LogP) is 4.11. The summed E-state index contributed by atoms with van der Waals surface area (Å²) in [6, 6.07) is 18.6. The first-order valence-electron chi connectivity index (χ1n) is 6.69. The molecule has 2 aromatic carbocycles. The molecule has 3 aromatic rings. The number of benzene rings is 2. The second kappa shape index (κ2) is 5.89. The van der Waals surface area contributed by atoms with Crippen molar-refractivity contribution >= 4 is 22.5 Å². The minimum absolute atomic E-state index is 0.107. The van der Waals surface area contributed by atoms with Crippen LogP contribution in [-0.2, 0) is 4.79 Å². The molecule has 0 radical (unpaired) electrons. The molecule has 0 unspecified atom stereocenters. The molecule has 1 amide bonds. The lowest BCUT2D eigenvalue weighted by molar-refractivity contribution is -0.126. The Hall–Kier alpha value is -2.82. The summed E-state index contributed by atoms with van der Waals surface area (Å²) in [5.41, 5.74) is 1.46. The fourth-order valence-electron chi connectivity index (χ4n) is 2.19. The summed E-state index contributed by atoms with van der Waals surface area (Å²) in [7, 11) is 0. The molecule has 0 fully saturated rings. The maximum atomic E-state index is 12.3. The van der Waals surface area contributed by atoms with E-state index in [1.807, 2.05) is 42.5 Å². The van der Waals surface area contributed by atoms with E-state index in [-0.39, 0.29) is 5.82 Å². The molecule has 0 saturated carbocycles. The topological polar surface area (TPSA) is 42.0 Å². The van der Waals surface area contributed by atoms with E-state index >= 15 is 0 Å². The summed E-state index contributed by atoms with van der Waals surface area (Å²) in [6.07, 6.45) is -3.06. The van der Waals surface area contributed by atoms with Gasteiger partial charge in [-0.15, -0.1) is 0 Å². The Morgan fingerprint density at radius 3 is 2.50 bits per heavy atom. The van der Waals surface area contributed by atoms with E-state index in [1.165, 1.54) is 6.07 Å². The highest BCUT2D eigenvalue weighted by Gasteiger charge is 2.15. The Balaban J connectivity index is 1.94. The van der Waals surface area contributed by atoms with Crippen LogP contribution in [-0.4, -0.2) is 17.3 Å². The van der Waals surface area contributed by atoms with Crippen LogP contribution in [0.2, 0.25) is 0 Å². The molecular weight excluding hydrogens is 286 g/mol. The highest BCUT2D eigenvalue weighted by atomic mass is 19.3. The molecule has 0 aliphatic rings. The smallest absolute Gasteiger partial charge is 0.306 e. The van der Waals surface area contributed by atoms with Gasteiger partial charge in [0.2, 0.25) is 0 Å². The first-order valence-corrected chi connectivity index (χ1v) is 6.69. The number of fused-ring (bicyclic) bond motifs is 1. The summed E-state index contributed by atoms with van der Waals surface area (Å²) in [5.74, 6) is -1.25. The fraction of sp³-hybridized carbons (Fsp3) is 0.0588. The van der Waals surface area contributed by atoms with Crippen LogP contribution in [0.4, 0.5) is 14.6 Å². The molecular formula is C17H12F2N2O. The van der Waals surface area contributed by atoms with Gasteiger partial charge in [-0.25, -0.2) is 4.98 Å². The number of halogens is 2. The highest BCUT2D eigenvalue weighted by molar-refractivity contribution is 5.92. The maximum Gasteiger partial charge on any atom is 0.315 e. The van der Waals surface area contributed by atoms with Crippen molar-refractivity contribution in [2.24, 2.45) is 0 Å². The van der Waals surface area contributed by atoms with Crippen molar-refractivity contribution < 1.29 is 13.6 Å². The number of aromatic nitrogens is 1. The van der Waals surface area contributed by atoms with Gasteiger partial charge in [-0.3, -0.25) is 4.79 Å². The van der Waals surface area contributed by atoms with Gasteiger partial charge in [0.15, 0.2) is 0 Å². The van der Waals surface area contributed by atoms with Gasteiger partial charge in [-0.2, -0.15) is 8.78 Å². The van der Waals surface area contributed by atoms with Crippen molar-refractivity contribution in [3.63, 3.8) is 0 Å². The Morgan fingerprint density at radius 1 is 0.955 bits per heavy atom. The zero-order valence-corrected chi connectivity index (χ0v) is 11.5. The number of carbonyl (C=O) groups excluding carboxylic acids is 1. The summed E-state index contributed by atoms with van der Waals surface area (Å²) in [6.45, 7) is 0. The van der Waals surface area contributed by atoms with Crippen LogP contribution in [0, 0.1) is 0 Å². The van der Waals surface area contributed by atoms with E-state index in [2.05, 4.69) is 10.3 Å². The average molecular weight is 298 g/mol. The standard InChI is InChI=1S/C17H12F2N2O/c18-16(19)17(22)21-15-7-3-6-14(20-15)13-9-8-11-4-1-2-5-12(11)10-13/h1-10,16H,(H,20,21,22). The number of nitrogens with zero attached hydrogens (tertiary/aromatic N) is 1. The average Bonchev–Trinajstić information content (AvgIpc) is 2.54. The molecule has 0 atom stereocenters. The van der Waals surface area contributed by atoms with Gasteiger partial charge in [0.05, 0.1) is 5.69 Å². The number of carbonyl (C=O) groups is 1. The second-order valence-electron chi connectivity index (χ2n) is 4.76. The molecule has 0 bridgehead atoms. The fourth-order valence-corrected chi connectivity index (χ4v) is 2.19. The van der Waals surface area contributed by atoms with Crippen molar-refractivity contribution in [1.29, 1.82) is 0 Å². The molecule has 1 N–H and O–H groups in total. The molecule has 3 nitrogen and oxygen atoms in total. The van der Waals surface area contributed by atoms with E-state index < -0.39 is 12.3 Å². The highest BCUT2D eigenvalue weighted by Crippen LogP contribution is 2.24. The second-order valence-corrected chi connectivity index (χ2v) is 4.76. The number of alkyl halides is 2. The first kappa shape index (κ1) is 14.1. The molecule has 1 heterocycles. The third-order valence-corrected chi connectivity index (χ3v) is 3.24. The summed E-state index contributed by atoms with van der Waals surface area (Å²) in [5, 5.41) is 4.25. The zero-order valence-electron chi connectivity index (χ0n) is 11.5. The van der Waals surface area contributed by atoms with Crippen molar-refractivity contribution in [2.45, 2.75) is 6.43 Å². The van der Waals surface area contributed by atoms with Crippen LogP contribution in [0.3, 0.4) is 0 Å². The van der Waals surface area contributed by atoms with Crippen LogP contribution in [0.5, 0.6) is 0 Å². The quantitative estimate of drug-likeness (QED) is 0.790. The number of hydrogen-bond acceptors (Lipinski definition) is 2. The van der Waals surface area contributed by atoms with Gasteiger partial charge in [0.25, 0.3) is 5.91 Å². The lowest BCUT2D eigenvalue weighted by Crippen LogP contribution is -2.20. The van der Waals surface area contributed by atoms with Crippen LogP contribution in [0.15, 0.2) is 60.7 Å². The molecule has 0 aliphatic heterocycles. The molecule has 3 rings (SSSR count). The molecule has 0 aliphatic carbocycles. The third kappa shape index (κ3) is 2.93. The number of hydrogen-bond donors (Lipinski definition) is 1. The van der Waals surface area contributed by atoms with E-state index in [4.69, 9.17) is 0 Å². The predicted molar refractivity (Wildman–Crippen MR) is 81.8 cm³/mol. The van der Waals surface area contributed by atoms with Gasteiger partial charge in [0.1, 0.15) is 5.82 Å². The minimum atomic E-state index is -3.06. The number of pyridine rings is 1. The Bertz CT molecular complexity index is 834. The Kier molecular flexibility index (Phi) is 3.78. The summed E-state index contributed by atoms with van der Waals surface area (Å²) in [4.78, 5) is 15.2. The first-order chi connectivity index (χ1) is 10.6. The van der Waals surface area contributed by atoms with Crippen LogP contribution in [0.25, 0.3) is 22.0 Å². The molecule has 0 spiro atoms. The lowest BCUT2D eigenvalue weighted by Gasteiger charge is -2.07. The molecule has 0 saturated heterocycles. The van der Waals surface area contributed by atoms with Crippen molar-refractivity contribution in [3.8, 4) is 11.3 Å².